The Morgan fingerprint density at radius 1 is 1.10 bits per heavy atom. The monoisotopic (exact) mass is 158 g/mol. The minimum Gasteiger partial charge on any atom is -0.155 e. The van der Waals surface area contributed by atoms with Gasteiger partial charge in [-0.2, -0.15) is 11.8 Å². The third-order valence-corrected chi connectivity index (χ3v) is 4.92. The van der Waals surface area contributed by atoms with E-state index in [1.165, 1.54) is 6.42 Å². The summed E-state index contributed by atoms with van der Waals surface area (Å²) >= 11 is 2.18. The first-order chi connectivity index (χ1) is 4.66. The maximum atomic E-state index is 2.40. The summed E-state index contributed by atoms with van der Waals surface area (Å²) in [5, 5.41) is 1.82. The molecular weight excluding hydrogens is 140 g/mol. The van der Waals surface area contributed by atoms with Crippen molar-refractivity contribution in [3.63, 3.8) is 0 Å². The van der Waals surface area contributed by atoms with Crippen LogP contribution in [0, 0.1) is 11.8 Å². The van der Waals surface area contributed by atoms with Crippen molar-refractivity contribution in [3.05, 3.63) is 0 Å². The topological polar surface area (TPSA) is 0 Å². The van der Waals surface area contributed by atoms with Crippen molar-refractivity contribution in [2.24, 2.45) is 11.8 Å². The molecule has 1 heterocycles. The van der Waals surface area contributed by atoms with Crippen molar-refractivity contribution in [3.8, 4) is 0 Å². The lowest BCUT2D eigenvalue weighted by Crippen LogP contribution is -2.14. The summed E-state index contributed by atoms with van der Waals surface area (Å²) in [7, 11) is 0. The van der Waals surface area contributed by atoms with Gasteiger partial charge >= 0.3 is 0 Å². The van der Waals surface area contributed by atoms with E-state index in [4.69, 9.17) is 0 Å². The molecule has 0 radical (unpaired) electrons. The predicted molar refractivity (Wildman–Crippen MR) is 49.5 cm³/mol. The van der Waals surface area contributed by atoms with Crippen LogP contribution in [0.2, 0.25) is 0 Å². The molecule has 0 spiro atoms. The van der Waals surface area contributed by atoms with Gasteiger partial charge in [0.25, 0.3) is 0 Å². The number of hydrogen-bond donors (Lipinski definition) is 0. The van der Waals surface area contributed by atoms with Gasteiger partial charge < -0.3 is 0 Å². The molecule has 0 aliphatic carbocycles. The van der Waals surface area contributed by atoms with Gasteiger partial charge in [0.15, 0.2) is 0 Å². The van der Waals surface area contributed by atoms with Gasteiger partial charge in [0, 0.05) is 10.5 Å². The SMILES string of the molecule is CC[C@H]1SC(C)C(C)[C@H]1C. The predicted octanol–water partition coefficient (Wildman–Crippen LogP) is 3.17. The average molecular weight is 158 g/mol. The molecule has 1 heteroatoms. The number of rotatable bonds is 1. The smallest absolute Gasteiger partial charge is 0.00757 e. The van der Waals surface area contributed by atoms with Gasteiger partial charge in [-0.15, -0.1) is 0 Å². The van der Waals surface area contributed by atoms with Crippen molar-refractivity contribution >= 4 is 11.8 Å². The highest BCUT2D eigenvalue weighted by Gasteiger charge is 2.34. The molecular formula is C9H18S. The van der Waals surface area contributed by atoms with E-state index in [-0.39, 0.29) is 0 Å². The second kappa shape index (κ2) is 3.17. The fourth-order valence-electron chi connectivity index (χ4n) is 1.76. The van der Waals surface area contributed by atoms with Gasteiger partial charge in [-0.25, -0.2) is 0 Å². The molecule has 1 fully saturated rings. The van der Waals surface area contributed by atoms with Gasteiger partial charge in [0.05, 0.1) is 0 Å². The first-order valence-corrected chi connectivity index (χ1v) is 5.26. The molecule has 0 aromatic carbocycles. The summed E-state index contributed by atoms with van der Waals surface area (Å²) in [4.78, 5) is 0. The Balaban J connectivity index is 2.53. The van der Waals surface area contributed by atoms with Gasteiger partial charge in [0.1, 0.15) is 0 Å². The van der Waals surface area contributed by atoms with Crippen molar-refractivity contribution in [2.75, 3.05) is 0 Å². The molecule has 0 aromatic heterocycles. The van der Waals surface area contributed by atoms with E-state index in [9.17, 15) is 0 Å². The standard InChI is InChI=1S/C9H18S/c1-5-9-7(3)6(2)8(4)10-9/h6-9H,5H2,1-4H3/t6?,7-,8?,9-/m1/s1. The summed E-state index contributed by atoms with van der Waals surface area (Å²) < 4.78 is 0. The molecule has 1 saturated heterocycles. The number of hydrogen-bond acceptors (Lipinski definition) is 1. The number of thioether (sulfide) groups is 1. The third kappa shape index (κ3) is 1.34. The molecule has 0 bridgehead atoms. The minimum atomic E-state index is 0.889. The average Bonchev–Trinajstić information content (AvgIpc) is 2.17. The minimum absolute atomic E-state index is 0.889. The Morgan fingerprint density at radius 3 is 1.90 bits per heavy atom. The van der Waals surface area contributed by atoms with Crippen LogP contribution in [0.4, 0.5) is 0 Å². The van der Waals surface area contributed by atoms with E-state index >= 15 is 0 Å². The normalized spacial score (nSPS) is 48.0. The maximum Gasteiger partial charge on any atom is 0.00757 e. The Bertz CT molecular complexity index is 111. The molecule has 1 aliphatic rings. The molecule has 4 atom stereocenters. The van der Waals surface area contributed by atoms with Crippen molar-refractivity contribution < 1.29 is 0 Å². The van der Waals surface area contributed by atoms with Crippen LogP contribution >= 0.6 is 11.8 Å². The summed E-state index contributed by atoms with van der Waals surface area (Å²) in [6.07, 6.45) is 1.35. The largest absolute Gasteiger partial charge is 0.155 e. The second-order valence-corrected chi connectivity index (χ2v) is 5.13. The molecule has 10 heavy (non-hydrogen) atoms. The molecule has 0 amide bonds. The van der Waals surface area contributed by atoms with Crippen LogP contribution in [0.15, 0.2) is 0 Å². The fraction of sp³-hybridized carbons (Fsp3) is 1.00. The zero-order valence-corrected chi connectivity index (χ0v) is 8.24. The van der Waals surface area contributed by atoms with E-state index in [2.05, 4.69) is 39.5 Å². The van der Waals surface area contributed by atoms with Gasteiger partial charge in [-0.05, 0) is 18.3 Å². The first kappa shape index (κ1) is 8.45. The lowest BCUT2D eigenvalue weighted by molar-refractivity contribution is 0.399. The van der Waals surface area contributed by atoms with Gasteiger partial charge in [0.2, 0.25) is 0 Å². The Hall–Kier alpha value is 0.350. The Morgan fingerprint density at radius 2 is 1.70 bits per heavy atom. The Kier molecular flexibility index (Phi) is 2.67. The van der Waals surface area contributed by atoms with Crippen LogP contribution in [0.1, 0.15) is 34.1 Å². The summed E-state index contributed by atoms with van der Waals surface area (Å²) in [6, 6.07) is 0. The molecule has 0 nitrogen and oxygen atoms in total. The third-order valence-electron chi connectivity index (χ3n) is 2.95. The van der Waals surface area contributed by atoms with Gasteiger partial charge in [-0.3, -0.25) is 0 Å². The van der Waals surface area contributed by atoms with Crippen LogP contribution in [0.3, 0.4) is 0 Å². The van der Waals surface area contributed by atoms with Crippen LogP contribution in [-0.4, -0.2) is 10.5 Å². The molecule has 1 aliphatic heterocycles. The highest BCUT2D eigenvalue weighted by atomic mass is 32.2. The summed E-state index contributed by atoms with van der Waals surface area (Å²) in [6.45, 7) is 9.45. The molecule has 0 aromatic rings. The van der Waals surface area contributed by atoms with Gasteiger partial charge in [-0.1, -0.05) is 27.7 Å². The maximum absolute atomic E-state index is 2.40. The zero-order valence-electron chi connectivity index (χ0n) is 7.42. The van der Waals surface area contributed by atoms with E-state index in [1.807, 2.05) is 0 Å². The molecule has 0 N–H and O–H groups in total. The lowest BCUT2D eigenvalue weighted by atomic mass is 9.90. The first-order valence-electron chi connectivity index (χ1n) is 4.32. The van der Waals surface area contributed by atoms with Crippen LogP contribution in [0.25, 0.3) is 0 Å². The van der Waals surface area contributed by atoms with Crippen molar-refractivity contribution in [1.29, 1.82) is 0 Å². The highest BCUT2D eigenvalue weighted by molar-refractivity contribution is 8.00. The van der Waals surface area contributed by atoms with E-state index in [0.717, 1.165) is 22.3 Å². The van der Waals surface area contributed by atoms with Crippen LogP contribution in [0.5, 0.6) is 0 Å². The van der Waals surface area contributed by atoms with Crippen molar-refractivity contribution in [2.45, 2.75) is 44.6 Å². The summed E-state index contributed by atoms with van der Waals surface area (Å²) in [5.41, 5.74) is 0. The van der Waals surface area contributed by atoms with Crippen molar-refractivity contribution in [1.82, 2.24) is 0 Å². The van der Waals surface area contributed by atoms with E-state index in [0.29, 0.717) is 0 Å². The second-order valence-electron chi connectivity index (χ2n) is 3.51. The molecule has 2 unspecified atom stereocenters. The summed E-state index contributed by atoms with van der Waals surface area (Å²) in [5.74, 6) is 1.86. The Labute approximate surface area is 68.8 Å². The molecule has 1 rings (SSSR count). The lowest BCUT2D eigenvalue weighted by Gasteiger charge is -2.14. The van der Waals surface area contributed by atoms with Crippen LogP contribution in [-0.2, 0) is 0 Å². The van der Waals surface area contributed by atoms with Crippen LogP contribution < -0.4 is 0 Å². The molecule has 60 valence electrons. The van der Waals surface area contributed by atoms with E-state index < -0.39 is 0 Å². The molecule has 0 saturated carbocycles. The van der Waals surface area contributed by atoms with E-state index in [1.54, 1.807) is 0 Å². The fourth-order valence-corrected chi connectivity index (χ4v) is 3.49. The zero-order chi connectivity index (χ0) is 7.72. The highest BCUT2D eigenvalue weighted by Crippen LogP contribution is 2.43. The quantitative estimate of drug-likeness (QED) is 0.565.